The minimum absolute atomic E-state index is 0.0197. The topological polar surface area (TPSA) is 79.0 Å². The highest BCUT2D eigenvalue weighted by atomic mass is 32.1. The molecule has 7 nitrogen and oxygen atoms in total. The fourth-order valence-electron chi connectivity index (χ4n) is 3.70. The van der Waals surface area contributed by atoms with Gasteiger partial charge in [0, 0.05) is 31.0 Å². The lowest BCUT2D eigenvalue weighted by atomic mass is 9.98. The van der Waals surface area contributed by atoms with Crippen molar-refractivity contribution in [3.63, 3.8) is 0 Å². The van der Waals surface area contributed by atoms with E-state index < -0.39 is 18.0 Å². The van der Waals surface area contributed by atoms with E-state index in [9.17, 15) is 18.8 Å². The van der Waals surface area contributed by atoms with Crippen molar-refractivity contribution in [2.75, 3.05) is 31.1 Å². The first-order chi connectivity index (χ1) is 14.9. The smallest absolute Gasteiger partial charge is 0.414 e. The first-order valence-corrected chi connectivity index (χ1v) is 10.9. The number of cyclic esters (lactones) is 1. The molecule has 0 radical (unpaired) electrons. The Morgan fingerprint density at radius 2 is 2.16 bits per heavy atom. The zero-order chi connectivity index (χ0) is 22.0. The molecule has 0 spiro atoms. The van der Waals surface area contributed by atoms with Crippen molar-refractivity contribution in [1.82, 2.24) is 10.2 Å². The lowest BCUT2D eigenvalue weighted by molar-refractivity contribution is -0.119. The van der Waals surface area contributed by atoms with Gasteiger partial charge < -0.3 is 15.0 Å². The summed E-state index contributed by atoms with van der Waals surface area (Å²) in [5, 5.41) is 6.30. The third kappa shape index (κ3) is 4.61. The minimum Gasteiger partial charge on any atom is -0.442 e. The third-order valence-electron chi connectivity index (χ3n) is 5.33. The van der Waals surface area contributed by atoms with Crippen molar-refractivity contribution in [2.24, 2.45) is 0 Å². The van der Waals surface area contributed by atoms with Crippen LogP contribution in [0.1, 0.15) is 29.3 Å². The van der Waals surface area contributed by atoms with Crippen LogP contribution in [-0.2, 0) is 9.53 Å². The van der Waals surface area contributed by atoms with Gasteiger partial charge in [0.2, 0.25) is 5.91 Å². The summed E-state index contributed by atoms with van der Waals surface area (Å²) in [5.74, 6) is -0.658. The normalized spacial score (nSPS) is 18.6. The predicted octanol–water partition coefficient (Wildman–Crippen LogP) is 3.28. The number of nitrogens with zero attached hydrogens (tertiary/aromatic N) is 2. The van der Waals surface area contributed by atoms with Crippen LogP contribution < -0.4 is 10.2 Å². The quantitative estimate of drug-likeness (QED) is 0.769. The third-order valence-corrected chi connectivity index (χ3v) is 6.01. The number of anilines is 1. The van der Waals surface area contributed by atoms with Crippen molar-refractivity contribution in [2.45, 2.75) is 19.4 Å². The highest BCUT2D eigenvalue weighted by Crippen LogP contribution is 2.30. The standard InChI is InChI=1S/C22H22FN3O4S/c1-14(27)24-11-18-12-26(22(29)30-18)17-2-3-19(20(23)10-17)15-4-7-25(8-5-15)21(28)16-6-9-31-13-16/h2-4,6,9-10,13,18H,5,7-8,11-12H2,1H3,(H,24,27)/t18-/m0/s1. The summed E-state index contributed by atoms with van der Waals surface area (Å²) in [6.45, 7) is 2.78. The van der Waals surface area contributed by atoms with Crippen molar-refractivity contribution in [3.8, 4) is 0 Å². The van der Waals surface area contributed by atoms with Crippen LogP contribution in [0.2, 0.25) is 0 Å². The Kier molecular flexibility index (Phi) is 6.03. The van der Waals surface area contributed by atoms with Crippen molar-refractivity contribution in [3.05, 3.63) is 58.0 Å². The lowest BCUT2D eigenvalue weighted by Gasteiger charge is -2.26. The number of rotatable bonds is 5. The highest BCUT2D eigenvalue weighted by Gasteiger charge is 2.33. The summed E-state index contributed by atoms with van der Waals surface area (Å²) in [7, 11) is 0. The fraction of sp³-hybridized carbons (Fsp3) is 0.318. The molecule has 3 amide bonds. The van der Waals surface area contributed by atoms with Gasteiger partial charge in [0.05, 0.1) is 24.3 Å². The summed E-state index contributed by atoms with van der Waals surface area (Å²) in [6, 6.07) is 6.46. The molecule has 2 aliphatic heterocycles. The Labute approximate surface area is 183 Å². The number of halogens is 1. The summed E-state index contributed by atoms with van der Waals surface area (Å²) >= 11 is 1.48. The molecular weight excluding hydrogens is 421 g/mol. The Balaban J connectivity index is 1.43. The van der Waals surface area contributed by atoms with E-state index in [1.54, 1.807) is 23.1 Å². The molecule has 162 valence electrons. The maximum absolute atomic E-state index is 14.9. The number of carbonyl (C=O) groups excluding carboxylic acids is 3. The highest BCUT2D eigenvalue weighted by molar-refractivity contribution is 7.08. The number of amides is 3. The molecule has 2 aromatic rings. The zero-order valence-electron chi connectivity index (χ0n) is 17.0. The zero-order valence-corrected chi connectivity index (χ0v) is 17.8. The summed E-state index contributed by atoms with van der Waals surface area (Å²) in [6.07, 6.45) is 1.38. The Morgan fingerprint density at radius 3 is 2.81 bits per heavy atom. The number of hydrogen-bond donors (Lipinski definition) is 1. The van der Waals surface area contributed by atoms with E-state index >= 15 is 0 Å². The number of benzene rings is 1. The van der Waals surface area contributed by atoms with Gasteiger partial charge >= 0.3 is 6.09 Å². The van der Waals surface area contributed by atoms with Crippen LogP contribution >= 0.6 is 11.3 Å². The molecule has 1 aromatic carbocycles. The van der Waals surface area contributed by atoms with Crippen LogP contribution in [-0.4, -0.2) is 55.1 Å². The monoisotopic (exact) mass is 443 g/mol. The first kappa shape index (κ1) is 21.0. The van der Waals surface area contributed by atoms with Crippen molar-refractivity contribution in [1.29, 1.82) is 0 Å². The van der Waals surface area contributed by atoms with Gasteiger partial charge in [-0.3, -0.25) is 14.5 Å². The SMILES string of the molecule is CC(=O)NC[C@H]1CN(c2ccc(C3=CCN(C(=O)c4ccsc4)CC3)c(F)c2)C(=O)O1. The van der Waals surface area contributed by atoms with Crippen LogP contribution in [0.3, 0.4) is 0 Å². The second-order valence-electron chi connectivity index (χ2n) is 7.46. The fourth-order valence-corrected chi connectivity index (χ4v) is 4.33. The Morgan fingerprint density at radius 1 is 1.32 bits per heavy atom. The average molecular weight is 444 g/mol. The number of carbonyl (C=O) groups is 3. The number of hydrogen-bond acceptors (Lipinski definition) is 5. The van der Waals surface area contributed by atoms with Crippen LogP contribution in [0.15, 0.2) is 41.1 Å². The predicted molar refractivity (Wildman–Crippen MR) is 116 cm³/mol. The number of nitrogens with one attached hydrogen (secondary N) is 1. The van der Waals surface area contributed by atoms with Crippen molar-refractivity contribution < 1.29 is 23.5 Å². The van der Waals surface area contributed by atoms with Crippen LogP contribution in [0.5, 0.6) is 0 Å². The number of thiophene rings is 1. The first-order valence-electron chi connectivity index (χ1n) is 9.95. The molecule has 1 saturated heterocycles. The van der Waals surface area contributed by atoms with Crippen LogP contribution in [0.25, 0.3) is 5.57 Å². The molecule has 0 bridgehead atoms. The van der Waals surface area contributed by atoms with Gasteiger partial charge in [0.1, 0.15) is 11.9 Å². The second-order valence-corrected chi connectivity index (χ2v) is 8.24. The van der Waals surface area contributed by atoms with Gasteiger partial charge in [-0.15, -0.1) is 0 Å². The van der Waals surface area contributed by atoms with E-state index in [1.807, 2.05) is 16.8 Å². The molecule has 4 rings (SSSR count). The molecule has 1 aromatic heterocycles. The van der Waals surface area contributed by atoms with Gasteiger partial charge in [-0.1, -0.05) is 6.08 Å². The molecule has 3 heterocycles. The molecule has 31 heavy (non-hydrogen) atoms. The lowest BCUT2D eigenvalue weighted by Crippen LogP contribution is -2.34. The van der Waals surface area contributed by atoms with E-state index in [-0.39, 0.29) is 24.9 Å². The van der Waals surface area contributed by atoms with E-state index in [1.165, 1.54) is 29.2 Å². The molecule has 9 heteroatoms. The number of ether oxygens (including phenoxy) is 1. The van der Waals surface area contributed by atoms with Gasteiger partial charge in [-0.25, -0.2) is 9.18 Å². The molecule has 2 aliphatic rings. The molecule has 1 fully saturated rings. The summed E-state index contributed by atoms with van der Waals surface area (Å²) < 4.78 is 20.1. The summed E-state index contributed by atoms with van der Waals surface area (Å²) in [5.41, 5.74) is 2.38. The minimum atomic E-state index is -0.568. The van der Waals surface area contributed by atoms with E-state index in [0.717, 1.165) is 5.57 Å². The average Bonchev–Trinajstić information content (AvgIpc) is 3.42. The maximum atomic E-state index is 14.9. The van der Waals surface area contributed by atoms with Crippen LogP contribution in [0, 0.1) is 5.82 Å². The molecule has 0 aliphatic carbocycles. The molecule has 0 unspecified atom stereocenters. The van der Waals surface area contributed by atoms with Crippen molar-refractivity contribution >= 4 is 40.5 Å². The van der Waals surface area contributed by atoms with Gasteiger partial charge in [0.25, 0.3) is 5.91 Å². The Hall–Kier alpha value is -3.20. The maximum Gasteiger partial charge on any atom is 0.414 e. The molecule has 1 N–H and O–H groups in total. The molecule has 1 atom stereocenters. The van der Waals surface area contributed by atoms with Gasteiger partial charge in [0.15, 0.2) is 0 Å². The van der Waals surface area contributed by atoms with E-state index in [2.05, 4.69) is 5.32 Å². The summed E-state index contributed by atoms with van der Waals surface area (Å²) in [4.78, 5) is 38.7. The van der Waals surface area contributed by atoms with Gasteiger partial charge in [-0.2, -0.15) is 11.3 Å². The molecular formula is C22H22FN3O4S. The van der Waals surface area contributed by atoms with E-state index in [4.69, 9.17) is 4.74 Å². The largest absolute Gasteiger partial charge is 0.442 e. The Bertz CT molecular complexity index is 1040. The van der Waals surface area contributed by atoms with E-state index in [0.29, 0.717) is 36.3 Å². The second kappa shape index (κ2) is 8.89. The molecule has 0 saturated carbocycles. The van der Waals surface area contributed by atoms with Gasteiger partial charge in [-0.05, 0) is 41.6 Å². The van der Waals surface area contributed by atoms with Crippen LogP contribution in [0.4, 0.5) is 14.9 Å².